The molecule has 0 aromatic heterocycles. The van der Waals surface area contributed by atoms with E-state index >= 15 is 0 Å². The van der Waals surface area contributed by atoms with Gasteiger partial charge in [0.2, 0.25) is 0 Å². The molecular weight excluding hydrogens is 665 g/mol. The van der Waals surface area contributed by atoms with Gasteiger partial charge in [0.1, 0.15) is 0 Å². The van der Waals surface area contributed by atoms with Crippen LogP contribution in [0.1, 0.15) is 41.2 Å². The van der Waals surface area contributed by atoms with Crippen LogP contribution in [-0.4, -0.2) is 0 Å². The normalized spacial score (nSPS) is 14.3. The summed E-state index contributed by atoms with van der Waals surface area (Å²) in [5.74, 6) is 0. The van der Waals surface area contributed by atoms with Gasteiger partial charge in [0, 0.05) is 17.8 Å². The summed E-state index contributed by atoms with van der Waals surface area (Å²) in [7, 11) is 0. The van der Waals surface area contributed by atoms with Crippen LogP contribution in [0.15, 0.2) is 194 Å². The van der Waals surface area contributed by atoms with E-state index in [4.69, 9.17) is 11.5 Å². The van der Waals surface area contributed by atoms with Gasteiger partial charge < -0.3 is 11.5 Å². The second kappa shape index (κ2) is 12.9. The number of allylic oxidation sites excluding steroid dienone is 6. The van der Waals surface area contributed by atoms with Crippen molar-refractivity contribution in [3.8, 4) is 33.4 Å². The van der Waals surface area contributed by atoms with E-state index in [2.05, 4.69) is 152 Å². The predicted molar refractivity (Wildman–Crippen MR) is 234 cm³/mol. The minimum atomic E-state index is -0.484. The quantitative estimate of drug-likeness (QED) is 0.134. The van der Waals surface area contributed by atoms with Crippen LogP contribution in [0, 0.1) is 0 Å². The van der Waals surface area contributed by atoms with E-state index in [1.165, 1.54) is 76.8 Å². The standard InChI is InChI=1S/C53H40N2/c1-2-3-17-38(54)18-4-13-27-49(55)37-16-14-15-34(33-37)35-28-30-39-36(32-35)29-31-46-50-44-23-7-5-19-40(44)41-20-6-8-24-45(41)52(50)53(51(39)46)47-25-11-9-21-42(47)43-22-10-12-26-48(43)53/h2-17,19-33H,18,54-55H2,1H3/b3-2-,13-4-,38-17-,49-27-. The molecule has 0 saturated carbocycles. The molecule has 8 aromatic carbocycles. The summed E-state index contributed by atoms with van der Waals surface area (Å²) in [6.45, 7) is 1.98. The van der Waals surface area contributed by atoms with E-state index < -0.39 is 5.41 Å². The summed E-state index contributed by atoms with van der Waals surface area (Å²) in [4.78, 5) is 0. The van der Waals surface area contributed by atoms with Crippen LogP contribution in [0.5, 0.6) is 0 Å². The summed E-state index contributed by atoms with van der Waals surface area (Å²) in [5, 5.41) is 7.71. The lowest BCUT2D eigenvalue weighted by molar-refractivity contribution is 0.809. The zero-order chi connectivity index (χ0) is 37.1. The Morgan fingerprint density at radius 1 is 0.527 bits per heavy atom. The molecule has 10 rings (SSSR count). The van der Waals surface area contributed by atoms with Crippen LogP contribution in [0.4, 0.5) is 0 Å². The van der Waals surface area contributed by atoms with Gasteiger partial charge in [0.05, 0.1) is 5.41 Å². The minimum Gasteiger partial charge on any atom is -0.402 e. The third-order valence-electron chi connectivity index (χ3n) is 11.7. The van der Waals surface area contributed by atoms with Crippen LogP contribution in [0.2, 0.25) is 0 Å². The van der Waals surface area contributed by atoms with E-state index in [-0.39, 0.29) is 0 Å². The first-order chi connectivity index (χ1) is 27.1. The Kier molecular flexibility index (Phi) is 7.67. The van der Waals surface area contributed by atoms with E-state index in [9.17, 15) is 0 Å². The maximum atomic E-state index is 6.61. The van der Waals surface area contributed by atoms with Gasteiger partial charge in [-0.15, -0.1) is 0 Å². The van der Waals surface area contributed by atoms with Crippen LogP contribution in [0.25, 0.3) is 71.4 Å². The van der Waals surface area contributed by atoms with E-state index in [1.807, 2.05) is 43.4 Å². The zero-order valence-corrected chi connectivity index (χ0v) is 30.8. The molecule has 0 aliphatic heterocycles. The Balaban J connectivity index is 1.18. The first kappa shape index (κ1) is 32.7. The van der Waals surface area contributed by atoms with Crippen molar-refractivity contribution in [1.82, 2.24) is 0 Å². The molecule has 0 atom stereocenters. The third-order valence-corrected chi connectivity index (χ3v) is 11.7. The second-order valence-corrected chi connectivity index (χ2v) is 14.7. The lowest BCUT2D eigenvalue weighted by Crippen LogP contribution is -2.26. The summed E-state index contributed by atoms with van der Waals surface area (Å²) < 4.78 is 0. The van der Waals surface area contributed by atoms with Crippen molar-refractivity contribution in [3.63, 3.8) is 0 Å². The fourth-order valence-corrected chi connectivity index (χ4v) is 9.47. The Morgan fingerprint density at radius 2 is 1.18 bits per heavy atom. The number of nitrogens with two attached hydrogens (primary N) is 2. The van der Waals surface area contributed by atoms with Gasteiger partial charge in [-0.25, -0.2) is 0 Å². The highest BCUT2D eigenvalue weighted by atomic mass is 14.6. The van der Waals surface area contributed by atoms with E-state index in [0.29, 0.717) is 12.1 Å². The van der Waals surface area contributed by atoms with Crippen molar-refractivity contribution in [3.05, 3.63) is 222 Å². The smallest absolute Gasteiger partial charge is 0.0737 e. The highest BCUT2D eigenvalue weighted by Gasteiger charge is 2.53. The number of rotatable bonds is 6. The van der Waals surface area contributed by atoms with Crippen molar-refractivity contribution < 1.29 is 0 Å². The molecular formula is C53H40N2. The van der Waals surface area contributed by atoms with Crippen molar-refractivity contribution in [2.45, 2.75) is 18.8 Å². The fourth-order valence-electron chi connectivity index (χ4n) is 9.47. The molecule has 8 aromatic rings. The number of benzene rings is 8. The Labute approximate surface area is 322 Å². The van der Waals surface area contributed by atoms with Crippen LogP contribution >= 0.6 is 0 Å². The molecule has 1 spiro atoms. The molecule has 2 aliphatic carbocycles. The monoisotopic (exact) mass is 704 g/mol. The highest BCUT2D eigenvalue weighted by Crippen LogP contribution is 2.66. The molecule has 0 unspecified atom stereocenters. The summed E-state index contributed by atoms with van der Waals surface area (Å²) >= 11 is 0. The minimum absolute atomic E-state index is 0.484. The molecule has 2 heteroatoms. The SMILES string of the molecule is C/C=C\C=C(/N)C/C=C\C=C(/N)c1cccc(-c2ccc3c4c(ccc3c2)-c2c(c3ccccc3c3ccccc23)C42c3ccccc3-c3ccccc32)c1. The van der Waals surface area contributed by atoms with Gasteiger partial charge in [-0.1, -0.05) is 164 Å². The van der Waals surface area contributed by atoms with Crippen molar-refractivity contribution in [2.75, 3.05) is 0 Å². The average Bonchev–Trinajstić information content (AvgIpc) is 3.72. The maximum absolute atomic E-state index is 6.61. The highest BCUT2D eigenvalue weighted by molar-refractivity contribution is 6.21. The molecule has 0 heterocycles. The Hall–Kier alpha value is -6.90. The average molecular weight is 705 g/mol. The van der Waals surface area contributed by atoms with Crippen LogP contribution in [0.3, 0.4) is 0 Å². The van der Waals surface area contributed by atoms with Gasteiger partial charge >= 0.3 is 0 Å². The number of hydrogen-bond donors (Lipinski definition) is 2. The van der Waals surface area contributed by atoms with Gasteiger partial charge in [-0.2, -0.15) is 0 Å². The molecule has 55 heavy (non-hydrogen) atoms. The molecule has 262 valence electrons. The summed E-state index contributed by atoms with van der Waals surface area (Å²) in [5.41, 5.74) is 27.8. The van der Waals surface area contributed by atoms with Crippen molar-refractivity contribution in [1.29, 1.82) is 0 Å². The topological polar surface area (TPSA) is 52.0 Å². The van der Waals surface area contributed by atoms with Gasteiger partial charge in [-0.3, -0.25) is 0 Å². The van der Waals surface area contributed by atoms with E-state index in [1.54, 1.807) is 0 Å². The van der Waals surface area contributed by atoms with Gasteiger partial charge in [0.15, 0.2) is 0 Å². The summed E-state index contributed by atoms with van der Waals surface area (Å²) in [6, 6.07) is 56.5. The van der Waals surface area contributed by atoms with Crippen molar-refractivity contribution in [2.24, 2.45) is 11.5 Å². The molecule has 4 N–H and O–H groups in total. The lowest BCUT2D eigenvalue weighted by atomic mass is 9.68. The molecule has 0 bridgehead atoms. The molecule has 0 amide bonds. The first-order valence-electron chi connectivity index (χ1n) is 19.1. The van der Waals surface area contributed by atoms with Gasteiger partial charge in [0.25, 0.3) is 0 Å². The lowest BCUT2D eigenvalue weighted by Gasteiger charge is -2.32. The molecule has 0 fully saturated rings. The molecule has 0 radical (unpaired) electrons. The third kappa shape index (κ3) is 4.88. The molecule has 2 aliphatic rings. The molecule has 0 saturated heterocycles. The fraction of sp³-hybridized carbons (Fsp3) is 0.0566. The predicted octanol–water partition coefficient (Wildman–Crippen LogP) is 12.8. The number of hydrogen-bond acceptors (Lipinski definition) is 2. The Bertz CT molecular complexity index is 2940. The van der Waals surface area contributed by atoms with Crippen LogP contribution < -0.4 is 11.5 Å². The zero-order valence-electron chi connectivity index (χ0n) is 30.8. The largest absolute Gasteiger partial charge is 0.402 e. The second-order valence-electron chi connectivity index (χ2n) is 14.7. The number of fused-ring (bicyclic) bond motifs is 17. The maximum Gasteiger partial charge on any atom is 0.0737 e. The summed E-state index contributed by atoms with van der Waals surface area (Å²) in [6.07, 6.45) is 12.5. The van der Waals surface area contributed by atoms with E-state index in [0.717, 1.165) is 22.4 Å². The Morgan fingerprint density at radius 3 is 1.93 bits per heavy atom. The first-order valence-corrected chi connectivity index (χ1v) is 19.1. The van der Waals surface area contributed by atoms with Gasteiger partial charge in [-0.05, 0) is 125 Å². The van der Waals surface area contributed by atoms with Crippen LogP contribution in [-0.2, 0) is 5.41 Å². The molecule has 2 nitrogen and oxygen atoms in total. The van der Waals surface area contributed by atoms with Crippen molar-refractivity contribution >= 4 is 38.0 Å².